The summed E-state index contributed by atoms with van der Waals surface area (Å²) >= 11 is 0. The fraction of sp³-hybridized carbons (Fsp3) is 0.100. The van der Waals surface area contributed by atoms with Gasteiger partial charge in [-0.05, 0) is 12.1 Å². The molecule has 1 N–H and O–H groups in total. The van der Waals surface area contributed by atoms with Gasteiger partial charge in [0.25, 0.3) is 0 Å². The molecule has 0 radical (unpaired) electrons. The Morgan fingerprint density at radius 1 is 1.47 bits per heavy atom. The van der Waals surface area contributed by atoms with Crippen LogP contribution < -0.4 is 5.32 Å². The standard InChI is InChI=1S/C10H8FN3O3/c11-8-2-1-3-9(10(8)14(15)16)12-6-7-4-5-13-17-7/h1-5,12H,6H2. The number of hydrogen-bond donors (Lipinski definition) is 1. The Labute approximate surface area is 95.2 Å². The van der Waals surface area contributed by atoms with Crippen molar-refractivity contribution in [2.45, 2.75) is 6.54 Å². The molecule has 0 atom stereocenters. The lowest BCUT2D eigenvalue weighted by Crippen LogP contribution is -2.03. The quantitative estimate of drug-likeness (QED) is 0.651. The molecule has 2 aromatic rings. The summed E-state index contributed by atoms with van der Waals surface area (Å²) in [6.07, 6.45) is 1.46. The van der Waals surface area contributed by atoms with E-state index in [0.29, 0.717) is 5.76 Å². The monoisotopic (exact) mass is 237 g/mol. The average Bonchev–Trinajstić information content (AvgIpc) is 2.78. The summed E-state index contributed by atoms with van der Waals surface area (Å²) in [5.41, 5.74) is -0.474. The molecule has 0 aliphatic heterocycles. The number of halogens is 1. The smallest absolute Gasteiger partial charge is 0.327 e. The first-order valence-electron chi connectivity index (χ1n) is 4.75. The van der Waals surface area contributed by atoms with E-state index in [1.807, 2.05) is 0 Å². The van der Waals surface area contributed by atoms with Crippen LogP contribution in [0, 0.1) is 15.9 Å². The SMILES string of the molecule is O=[N+]([O-])c1c(F)cccc1NCc1ccno1. The molecule has 0 bridgehead atoms. The number of rotatable bonds is 4. The van der Waals surface area contributed by atoms with Crippen LogP contribution >= 0.6 is 0 Å². The molecule has 88 valence electrons. The molecule has 1 aromatic heterocycles. The lowest BCUT2D eigenvalue weighted by molar-refractivity contribution is -0.386. The van der Waals surface area contributed by atoms with Gasteiger partial charge in [0.1, 0.15) is 5.69 Å². The minimum absolute atomic E-state index is 0.103. The highest BCUT2D eigenvalue weighted by atomic mass is 19.1. The van der Waals surface area contributed by atoms with Crippen molar-refractivity contribution < 1.29 is 13.8 Å². The van der Waals surface area contributed by atoms with Gasteiger partial charge in [-0.25, -0.2) is 0 Å². The summed E-state index contributed by atoms with van der Waals surface area (Å²) in [6, 6.07) is 5.47. The van der Waals surface area contributed by atoms with E-state index in [1.54, 1.807) is 6.07 Å². The second-order valence-electron chi connectivity index (χ2n) is 3.23. The van der Waals surface area contributed by atoms with Crippen molar-refractivity contribution in [1.29, 1.82) is 0 Å². The molecule has 1 heterocycles. The van der Waals surface area contributed by atoms with E-state index in [1.165, 1.54) is 18.3 Å². The number of para-hydroxylation sites is 1. The maximum absolute atomic E-state index is 13.2. The molecular formula is C10H8FN3O3. The van der Waals surface area contributed by atoms with Crippen LogP contribution in [0.3, 0.4) is 0 Å². The molecule has 0 amide bonds. The molecule has 7 heteroatoms. The van der Waals surface area contributed by atoms with Crippen LogP contribution in [0.1, 0.15) is 5.76 Å². The highest BCUT2D eigenvalue weighted by Crippen LogP contribution is 2.27. The van der Waals surface area contributed by atoms with Crippen LogP contribution in [-0.2, 0) is 6.54 Å². The van der Waals surface area contributed by atoms with E-state index in [0.717, 1.165) is 6.07 Å². The zero-order chi connectivity index (χ0) is 12.3. The van der Waals surface area contributed by atoms with Crippen molar-refractivity contribution in [1.82, 2.24) is 5.16 Å². The van der Waals surface area contributed by atoms with E-state index in [-0.39, 0.29) is 12.2 Å². The summed E-state index contributed by atoms with van der Waals surface area (Å²) in [6.45, 7) is 0.199. The van der Waals surface area contributed by atoms with Gasteiger partial charge in [-0.2, -0.15) is 4.39 Å². The average molecular weight is 237 g/mol. The number of nitrogens with one attached hydrogen (secondary N) is 1. The molecule has 0 fully saturated rings. The van der Waals surface area contributed by atoms with Gasteiger partial charge in [0.2, 0.25) is 5.82 Å². The minimum atomic E-state index is -0.877. The van der Waals surface area contributed by atoms with Gasteiger partial charge < -0.3 is 9.84 Å². The zero-order valence-corrected chi connectivity index (χ0v) is 8.59. The number of nitro benzene ring substituents is 1. The molecule has 2 rings (SSSR count). The summed E-state index contributed by atoms with van der Waals surface area (Å²) in [4.78, 5) is 9.93. The molecule has 0 aliphatic carbocycles. The zero-order valence-electron chi connectivity index (χ0n) is 8.59. The Kier molecular flexibility index (Phi) is 2.99. The van der Waals surface area contributed by atoms with Crippen LogP contribution in [0.5, 0.6) is 0 Å². The van der Waals surface area contributed by atoms with Crippen molar-refractivity contribution in [2.24, 2.45) is 0 Å². The van der Waals surface area contributed by atoms with E-state index in [9.17, 15) is 14.5 Å². The van der Waals surface area contributed by atoms with E-state index < -0.39 is 16.4 Å². The molecule has 0 saturated carbocycles. The molecular weight excluding hydrogens is 229 g/mol. The lowest BCUT2D eigenvalue weighted by atomic mass is 10.2. The molecule has 0 aliphatic rings. The topological polar surface area (TPSA) is 81.2 Å². The molecule has 6 nitrogen and oxygen atoms in total. The second kappa shape index (κ2) is 4.60. The first kappa shape index (κ1) is 11.1. The third kappa shape index (κ3) is 2.39. The van der Waals surface area contributed by atoms with Gasteiger partial charge >= 0.3 is 5.69 Å². The second-order valence-corrected chi connectivity index (χ2v) is 3.23. The van der Waals surface area contributed by atoms with E-state index in [2.05, 4.69) is 10.5 Å². The lowest BCUT2D eigenvalue weighted by Gasteiger charge is -2.05. The number of anilines is 1. The van der Waals surface area contributed by atoms with Crippen LogP contribution in [0.15, 0.2) is 35.0 Å². The molecule has 0 unspecified atom stereocenters. The van der Waals surface area contributed by atoms with Gasteiger partial charge in [-0.3, -0.25) is 10.1 Å². The Morgan fingerprint density at radius 3 is 2.94 bits per heavy atom. The molecule has 0 saturated heterocycles. The summed E-state index contributed by atoms with van der Waals surface area (Å²) in [7, 11) is 0. The van der Waals surface area contributed by atoms with Crippen LogP contribution in [0.25, 0.3) is 0 Å². The van der Waals surface area contributed by atoms with Gasteiger partial charge in [0.15, 0.2) is 5.76 Å². The number of hydrogen-bond acceptors (Lipinski definition) is 5. The van der Waals surface area contributed by atoms with Crippen molar-refractivity contribution >= 4 is 11.4 Å². The summed E-state index contributed by atoms with van der Waals surface area (Å²) in [5, 5.41) is 16.9. The predicted octanol–water partition coefficient (Wildman–Crippen LogP) is 2.33. The Hall–Kier alpha value is -2.44. The number of benzene rings is 1. The van der Waals surface area contributed by atoms with Crippen LogP contribution in [0.4, 0.5) is 15.8 Å². The molecule has 0 spiro atoms. The first-order valence-corrected chi connectivity index (χ1v) is 4.75. The summed E-state index contributed by atoms with van der Waals surface area (Å²) < 4.78 is 18.1. The van der Waals surface area contributed by atoms with E-state index >= 15 is 0 Å². The van der Waals surface area contributed by atoms with Gasteiger partial charge in [-0.15, -0.1) is 0 Å². The van der Waals surface area contributed by atoms with Gasteiger partial charge in [0.05, 0.1) is 17.7 Å². The van der Waals surface area contributed by atoms with Crippen LogP contribution in [0.2, 0.25) is 0 Å². The highest BCUT2D eigenvalue weighted by molar-refractivity contribution is 5.61. The van der Waals surface area contributed by atoms with Crippen molar-refractivity contribution in [3.63, 3.8) is 0 Å². The van der Waals surface area contributed by atoms with Crippen molar-refractivity contribution in [3.8, 4) is 0 Å². The fourth-order valence-corrected chi connectivity index (χ4v) is 1.36. The minimum Gasteiger partial charge on any atom is -0.372 e. The highest BCUT2D eigenvalue weighted by Gasteiger charge is 2.19. The van der Waals surface area contributed by atoms with Gasteiger partial charge in [0, 0.05) is 6.07 Å². The third-order valence-electron chi connectivity index (χ3n) is 2.11. The largest absolute Gasteiger partial charge is 0.372 e. The normalized spacial score (nSPS) is 10.2. The Bertz CT molecular complexity index is 528. The fourth-order valence-electron chi connectivity index (χ4n) is 1.36. The molecule has 17 heavy (non-hydrogen) atoms. The summed E-state index contributed by atoms with van der Waals surface area (Å²) in [5.74, 6) is -0.374. The predicted molar refractivity (Wildman–Crippen MR) is 56.9 cm³/mol. The third-order valence-corrected chi connectivity index (χ3v) is 2.11. The number of nitrogens with zero attached hydrogens (tertiary/aromatic N) is 2. The van der Waals surface area contributed by atoms with Crippen molar-refractivity contribution in [2.75, 3.05) is 5.32 Å². The van der Waals surface area contributed by atoms with Crippen LogP contribution in [-0.4, -0.2) is 10.1 Å². The van der Waals surface area contributed by atoms with E-state index in [4.69, 9.17) is 4.52 Å². The Balaban J connectivity index is 2.21. The van der Waals surface area contributed by atoms with Crippen molar-refractivity contribution in [3.05, 3.63) is 52.2 Å². The maximum Gasteiger partial charge on any atom is 0.327 e. The number of nitro groups is 1. The van der Waals surface area contributed by atoms with Gasteiger partial charge in [-0.1, -0.05) is 11.2 Å². The number of aromatic nitrogens is 1. The maximum atomic E-state index is 13.2. The molecule has 1 aromatic carbocycles. The first-order chi connectivity index (χ1) is 8.18. The Morgan fingerprint density at radius 2 is 2.29 bits per heavy atom.